The zero-order chi connectivity index (χ0) is 34.2. The van der Waals surface area contributed by atoms with Gasteiger partial charge in [-0.05, 0) is 103 Å². The molecule has 6 aromatic rings. The van der Waals surface area contributed by atoms with Crippen LogP contribution in [0.4, 0.5) is 17.1 Å². The molecular weight excluding hydrogens is 603 g/mol. The largest absolute Gasteiger partial charge is 0.309 e. The first-order valence-electron chi connectivity index (χ1n) is 18.3. The standard InChI is InChI=1S/C49H43N/c1-47(2)38-18-12-20-40-44(38)50-45-39(47)19-13-21-41(45)49(5,6)43-29-33(28-42(46(43)50)48(40,3)4)30-22-24-32(25-23-30)35-27-26-34(31-14-8-7-9-15-31)36-16-10-11-17-37(35)36/h7-8,10-14,16-29H,9,15H2,1-6H3. The summed E-state index contributed by atoms with van der Waals surface area (Å²) in [6, 6.07) is 42.0. The van der Waals surface area contributed by atoms with E-state index in [-0.39, 0.29) is 16.2 Å². The van der Waals surface area contributed by atoms with Crippen molar-refractivity contribution in [1.29, 1.82) is 0 Å². The third-order valence-electron chi connectivity index (χ3n) is 12.7. The Morgan fingerprint density at radius 3 is 1.48 bits per heavy atom. The Kier molecular flexibility index (Phi) is 5.94. The van der Waals surface area contributed by atoms with Crippen LogP contribution in [0.1, 0.15) is 93.3 Å². The highest BCUT2D eigenvalue weighted by Gasteiger charge is 2.51. The Balaban J connectivity index is 1.14. The minimum atomic E-state index is -0.151. The van der Waals surface area contributed by atoms with Gasteiger partial charge < -0.3 is 4.90 Å². The fourth-order valence-corrected chi connectivity index (χ4v) is 9.85. The summed E-state index contributed by atoms with van der Waals surface area (Å²) in [5.74, 6) is 0. The quantitative estimate of drug-likeness (QED) is 0.185. The number of fused-ring (bicyclic) bond motifs is 1. The van der Waals surface area contributed by atoms with Crippen molar-refractivity contribution in [1.82, 2.24) is 0 Å². The first-order chi connectivity index (χ1) is 24.1. The van der Waals surface area contributed by atoms with Gasteiger partial charge in [-0.25, -0.2) is 0 Å². The monoisotopic (exact) mass is 645 g/mol. The third kappa shape index (κ3) is 3.79. The van der Waals surface area contributed by atoms with Gasteiger partial charge in [0.1, 0.15) is 0 Å². The molecule has 0 saturated heterocycles. The summed E-state index contributed by atoms with van der Waals surface area (Å²) in [5.41, 5.74) is 20.2. The smallest absolute Gasteiger partial charge is 0.0544 e. The van der Waals surface area contributed by atoms with Crippen molar-refractivity contribution in [3.8, 4) is 22.3 Å². The fourth-order valence-electron chi connectivity index (χ4n) is 9.85. The lowest BCUT2D eigenvalue weighted by Gasteiger charge is -2.55. The molecule has 10 rings (SSSR count). The number of hydrogen-bond donors (Lipinski definition) is 0. The van der Waals surface area contributed by atoms with E-state index in [4.69, 9.17) is 0 Å². The SMILES string of the molecule is CC1(C)c2cccc3c2N2c4c1cccc4C(C)(C)c1cc(-c4ccc(-c5ccc(C6=CC=CCC6)c6ccccc56)cc4)cc(c12)C3(C)C. The third-order valence-corrected chi connectivity index (χ3v) is 12.7. The van der Waals surface area contributed by atoms with Crippen LogP contribution in [0, 0.1) is 0 Å². The maximum Gasteiger partial charge on any atom is 0.0544 e. The van der Waals surface area contributed by atoms with E-state index >= 15 is 0 Å². The molecule has 0 fully saturated rings. The van der Waals surface area contributed by atoms with Gasteiger partial charge in [0.25, 0.3) is 0 Å². The summed E-state index contributed by atoms with van der Waals surface area (Å²) in [6.07, 6.45) is 8.96. The van der Waals surface area contributed by atoms with Gasteiger partial charge in [-0.3, -0.25) is 0 Å². The van der Waals surface area contributed by atoms with Crippen LogP contribution in [-0.2, 0) is 16.2 Å². The summed E-state index contributed by atoms with van der Waals surface area (Å²) in [5, 5.41) is 2.65. The lowest BCUT2D eigenvalue weighted by molar-refractivity contribution is 0.567. The molecule has 0 spiro atoms. The molecule has 0 amide bonds. The van der Waals surface area contributed by atoms with Crippen LogP contribution in [0.25, 0.3) is 38.6 Å². The van der Waals surface area contributed by atoms with Crippen LogP contribution in [0.15, 0.2) is 127 Å². The van der Waals surface area contributed by atoms with E-state index in [1.54, 1.807) is 0 Å². The van der Waals surface area contributed by atoms with Gasteiger partial charge in [-0.2, -0.15) is 0 Å². The molecule has 3 aliphatic heterocycles. The van der Waals surface area contributed by atoms with Crippen molar-refractivity contribution < 1.29 is 0 Å². The lowest BCUT2D eigenvalue weighted by atomic mass is 9.60. The minimum Gasteiger partial charge on any atom is -0.309 e. The number of allylic oxidation sites excluding steroid dienone is 4. The molecule has 1 nitrogen and oxygen atoms in total. The molecule has 0 saturated carbocycles. The normalized spacial score (nSPS) is 18.1. The minimum absolute atomic E-state index is 0.0772. The maximum atomic E-state index is 2.66. The Bertz CT molecular complexity index is 2410. The van der Waals surface area contributed by atoms with E-state index in [9.17, 15) is 0 Å². The molecule has 4 aliphatic rings. The zero-order valence-electron chi connectivity index (χ0n) is 30.0. The Labute approximate surface area is 296 Å². The Morgan fingerprint density at radius 1 is 0.460 bits per heavy atom. The lowest BCUT2D eigenvalue weighted by Crippen LogP contribution is -2.43. The second-order valence-corrected chi connectivity index (χ2v) is 16.5. The van der Waals surface area contributed by atoms with E-state index < -0.39 is 0 Å². The first-order valence-corrected chi connectivity index (χ1v) is 18.3. The summed E-state index contributed by atoms with van der Waals surface area (Å²) in [6.45, 7) is 14.6. The highest BCUT2D eigenvalue weighted by molar-refractivity contribution is 6.03. The molecule has 0 N–H and O–H groups in total. The van der Waals surface area contributed by atoms with Crippen molar-refractivity contribution in [2.45, 2.75) is 70.6 Å². The zero-order valence-corrected chi connectivity index (χ0v) is 30.0. The number of benzene rings is 6. The first kappa shape index (κ1) is 29.7. The van der Waals surface area contributed by atoms with E-state index in [2.05, 4.69) is 174 Å². The fraction of sp³-hybridized carbons (Fsp3) is 0.224. The second kappa shape index (κ2) is 9.98. The van der Waals surface area contributed by atoms with E-state index in [0.29, 0.717) is 0 Å². The highest BCUT2D eigenvalue weighted by Crippen LogP contribution is 2.66. The van der Waals surface area contributed by atoms with Crippen molar-refractivity contribution in [2.75, 3.05) is 4.90 Å². The topological polar surface area (TPSA) is 3.24 Å². The molecule has 1 aliphatic carbocycles. The van der Waals surface area contributed by atoms with Crippen molar-refractivity contribution in [3.05, 3.63) is 166 Å². The molecule has 0 atom stereocenters. The van der Waals surface area contributed by atoms with Gasteiger partial charge >= 0.3 is 0 Å². The molecule has 0 bridgehead atoms. The van der Waals surface area contributed by atoms with Crippen LogP contribution in [0.5, 0.6) is 0 Å². The summed E-state index contributed by atoms with van der Waals surface area (Å²) >= 11 is 0. The van der Waals surface area contributed by atoms with Crippen LogP contribution in [0.2, 0.25) is 0 Å². The predicted molar refractivity (Wildman–Crippen MR) is 212 cm³/mol. The molecular formula is C49H43N. The number of rotatable bonds is 3. The second-order valence-electron chi connectivity index (χ2n) is 16.5. The highest BCUT2D eigenvalue weighted by atomic mass is 15.2. The van der Waals surface area contributed by atoms with Gasteiger partial charge in [0.05, 0.1) is 17.1 Å². The Morgan fingerprint density at radius 2 is 0.940 bits per heavy atom. The van der Waals surface area contributed by atoms with Crippen LogP contribution in [-0.4, -0.2) is 0 Å². The van der Waals surface area contributed by atoms with E-state index in [1.165, 1.54) is 94.6 Å². The van der Waals surface area contributed by atoms with Crippen molar-refractivity contribution >= 4 is 33.4 Å². The number of hydrogen-bond acceptors (Lipinski definition) is 1. The maximum absolute atomic E-state index is 2.66. The number of para-hydroxylation sites is 2. The summed E-state index contributed by atoms with van der Waals surface area (Å²) < 4.78 is 0. The average molecular weight is 646 g/mol. The van der Waals surface area contributed by atoms with Crippen LogP contribution < -0.4 is 4.90 Å². The van der Waals surface area contributed by atoms with Crippen LogP contribution in [0.3, 0.4) is 0 Å². The summed E-state index contributed by atoms with van der Waals surface area (Å²) in [7, 11) is 0. The van der Waals surface area contributed by atoms with E-state index in [0.717, 1.165) is 12.8 Å². The van der Waals surface area contributed by atoms with E-state index in [1.807, 2.05) is 0 Å². The Hall–Kier alpha value is -5.14. The number of anilines is 3. The molecule has 50 heavy (non-hydrogen) atoms. The van der Waals surface area contributed by atoms with Crippen LogP contribution >= 0.6 is 0 Å². The predicted octanol–water partition coefficient (Wildman–Crippen LogP) is 13.3. The number of nitrogens with zero attached hydrogens (tertiary/aromatic N) is 1. The summed E-state index contributed by atoms with van der Waals surface area (Å²) in [4.78, 5) is 2.66. The molecule has 3 heterocycles. The van der Waals surface area contributed by atoms with Gasteiger partial charge in [0.15, 0.2) is 0 Å². The molecule has 0 unspecified atom stereocenters. The molecule has 244 valence electrons. The van der Waals surface area contributed by atoms with Crippen molar-refractivity contribution in [3.63, 3.8) is 0 Å². The average Bonchev–Trinajstić information content (AvgIpc) is 3.13. The van der Waals surface area contributed by atoms with Crippen molar-refractivity contribution in [2.24, 2.45) is 0 Å². The molecule has 1 heteroatoms. The molecule has 6 aromatic carbocycles. The molecule has 0 aromatic heterocycles. The van der Waals surface area contributed by atoms with Gasteiger partial charge in [-0.1, -0.05) is 157 Å². The van der Waals surface area contributed by atoms with Gasteiger partial charge in [-0.15, -0.1) is 0 Å². The molecule has 0 radical (unpaired) electrons. The van der Waals surface area contributed by atoms with Gasteiger partial charge in [0, 0.05) is 16.2 Å². The van der Waals surface area contributed by atoms with Gasteiger partial charge in [0.2, 0.25) is 0 Å².